The number of ether oxygens (including phenoxy) is 1. The summed E-state index contributed by atoms with van der Waals surface area (Å²) in [6.45, 7) is 0. The van der Waals surface area contributed by atoms with Crippen LogP contribution in [-0.4, -0.2) is 28.2 Å². The van der Waals surface area contributed by atoms with Crippen molar-refractivity contribution in [3.05, 3.63) is 40.3 Å². The van der Waals surface area contributed by atoms with Crippen molar-refractivity contribution in [1.29, 1.82) is 0 Å². The molecule has 8 heteroatoms. The van der Waals surface area contributed by atoms with E-state index in [2.05, 4.69) is 14.9 Å². The quantitative estimate of drug-likeness (QED) is 0.455. The van der Waals surface area contributed by atoms with Gasteiger partial charge in [0.2, 0.25) is 11.8 Å². The summed E-state index contributed by atoms with van der Waals surface area (Å²) in [5, 5.41) is 18.3. The second-order valence-electron chi connectivity index (χ2n) is 4.23. The zero-order chi connectivity index (χ0) is 15.2. The molecular weight excluding hydrogens is 278 g/mol. The lowest BCUT2D eigenvalue weighted by molar-refractivity contribution is -0.384. The molecule has 0 radical (unpaired) electrons. The van der Waals surface area contributed by atoms with E-state index in [0.29, 0.717) is 24.3 Å². The Hall–Kier alpha value is -2.77. The molecule has 0 saturated carbocycles. The SMILES string of the molecule is COC(=O)CCCc1nnc(-c2ccc([N+](=O)[O-])cc2)o1. The Bertz CT molecular complexity index is 636. The highest BCUT2D eigenvalue weighted by molar-refractivity contribution is 5.69. The third-order valence-corrected chi connectivity index (χ3v) is 2.79. The second-order valence-corrected chi connectivity index (χ2v) is 4.23. The van der Waals surface area contributed by atoms with Gasteiger partial charge in [0.25, 0.3) is 5.69 Å². The van der Waals surface area contributed by atoms with Crippen molar-refractivity contribution in [1.82, 2.24) is 10.2 Å². The molecular formula is C13H13N3O5. The highest BCUT2D eigenvalue weighted by Gasteiger charge is 2.11. The smallest absolute Gasteiger partial charge is 0.305 e. The van der Waals surface area contributed by atoms with Gasteiger partial charge in [-0.1, -0.05) is 0 Å². The van der Waals surface area contributed by atoms with Crippen LogP contribution in [0.3, 0.4) is 0 Å². The molecule has 21 heavy (non-hydrogen) atoms. The average molecular weight is 291 g/mol. The van der Waals surface area contributed by atoms with Crippen LogP contribution < -0.4 is 0 Å². The molecule has 1 aromatic heterocycles. The number of nitrogens with zero attached hydrogens (tertiary/aromatic N) is 3. The summed E-state index contributed by atoms with van der Waals surface area (Å²) in [5.74, 6) is 0.412. The molecule has 1 aromatic carbocycles. The fourth-order valence-electron chi connectivity index (χ4n) is 1.68. The van der Waals surface area contributed by atoms with Gasteiger partial charge < -0.3 is 9.15 Å². The van der Waals surface area contributed by atoms with E-state index in [9.17, 15) is 14.9 Å². The van der Waals surface area contributed by atoms with E-state index >= 15 is 0 Å². The number of esters is 1. The Labute approximate surface area is 119 Å². The van der Waals surface area contributed by atoms with Gasteiger partial charge in [0, 0.05) is 30.5 Å². The minimum Gasteiger partial charge on any atom is -0.469 e. The van der Waals surface area contributed by atoms with Gasteiger partial charge in [0.05, 0.1) is 12.0 Å². The number of nitro groups is 1. The lowest BCUT2D eigenvalue weighted by atomic mass is 10.2. The molecule has 2 rings (SSSR count). The molecule has 2 aromatic rings. The van der Waals surface area contributed by atoms with Crippen LogP contribution in [0, 0.1) is 10.1 Å². The first-order chi connectivity index (χ1) is 10.1. The monoisotopic (exact) mass is 291 g/mol. The standard InChI is InChI=1S/C13H13N3O5/c1-20-12(17)4-2-3-11-14-15-13(21-11)9-5-7-10(8-6-9)16(18)19/h5-8H,2-4H2,1H3. The normalized spacial score (nSPS) is 10.3. The lowest BCUT2D eigenvalue weighted by Crippen LogP contribution is -2.00. The van der Waals surface area contributed by atoms with Crippen LogP contribution in [0.2, 0.25) is 0 Å². The highest BCUT2D eigenvalue weighted by atomic mass is 16.6. The Kier molecular flexibility index (Phi) is 4.60. The van der Waals surface area contributed by atoms with Gasteiger partial charge >= 0.3 is 5.97 Å². The van der Waals surface area contributed by atoms with Gasteiger partial charge in [0.15, 0.2) is 0 Å². The lowest BCUT2D eigenvalue weighted by Gasteiger charge is -1.96. The maximum atomic E-state index is 11.0. The molecule has 0 amide bonds. The van der Waals surface area contributed by atoms with Crippen molar-refractivity contribution in [2.75, 3.05) is 7.11 Å². The van der Waals surface area contributed by atoms with Crippen LogP contribution >= 0.6 is 0 Å². The topological polar surface area (TPSA) is 108 Å². The zero-order valence-electron chi connectivity index (χ0n) is 11.3. The van der Waals surface area contributed by atoms with Gasteiger partial charge in [-0.3, -0.25) is 14.9 Å². The minimum absolute atomic E-state index is 0.00318. The summed E-state index contributed by atoms with van der Waals surface area (Å²) in [4.78, 5) is 21.1. The molecule has 0 atom stereocenters. The van der Waals surface area contributed by atoms with Gasteiger partial charge in [0.1, 0.15) is 0 Å². The van der Waals surface area contributed by atoms with Gasteiger partial charge in [-0.15, -0.1) is 10.2 Å². The maximum absolute atomic E-state index is 11.0. The third kappa shape index (κ3) is 3.85. The van der Waals surface area contributed by atoms with E-state index in [1.807, 2.05) is 0 Å². The first-order valence-electron chi connectivity index (χ1n) is 6.24. The number of aromatic nitrogens is 2. The highest BCUT2D eigenvalue weighted by Crippen LogP contribution is 2.21. The van der Waals surface area contributed by atoms with Gasteiger partial charge in [-0.05, 0) is 18.6 Å². The van der Waals surface area contributed by atoms with Gasteiger partial charge in [-0.25, -0.2) is 0 Å². The molecule has 1 heterocycles. The van der Waals surface area contributed by atoms with E-state index in [1.54, 1.807) is 12.1 Å². The molecule has 0 aliphatic carbocycles. The molecule has 110 valence electrons. The molecule has 0 aliphatic heterocycles. The van der Waals surface area contributed by atoms with Crippen molar-refractivity contribution in [2.45, 2.75) is 19.3 Å². The Morgan fingerprint density at radius 3 is 2.67 bits per heavy atom. The first kappa shape index (κ1) is 14.6. The predicted molar refractivity (Wildman–Crippen MR) is 71.3 cm³/mol. The number of hydrogen-bond donors (Lipinski definition) is 0. The molecule has 0 fully saturated rings. The zero-order valence-corrected chi connectivity index (χ0v) is 11.3. The summed E-state index contributed by atoms with van der Waals surface area (Å²) in [6, 6.07) is 5.83. The Morgan fingerprint density at radius 2 is 2.05 bits per heavy atom. The minimum atomic E-state index is -0.476. The molecule has 0 N–H and O–H groups in total. The van der Waals surface area contributed by atoms with E-state index in [-0.39, 0.29) is 24.0 Å². The van der Waals surface area contributed by atoms with Crippen molar-refractivity contribution in [2.24, 2.45) is 0 Å². The summed E-state index contributed by atoms with van der Waals surface area (Å²) in [5.41, 5.74) is 0.601. The first-order valence-corrected chi connectivity index (χ1v) is 6.24. The van der Waals surface area contributed by atoms with Gasteiger partial charge in [-0.2, -0.15) is 0 Å². The van der Waals surface area contributed by atoms with Crippen LogP contribution in [0.4, 0.5) is 5.69 Å². The van der Waals surface area contributed by atoms with Crippen LogP contribution in [-0.2, 0) is 16.0 Å². The van der Waals surface area contributed by atoms with E-state index in [0.717, 1.165) is 0 Å². The molecule has 8 nitrogen and oxygen atoms in total. The number of carbonyl (C=O) groups is 1. The number of rotatable bonds is 6. The predicted octanol–water partition coefficient (Wildman–Crippen LogP) is 2.14. The summed E-state index contributed by atoms with van der Waals surface area (Å²) >= 11 is 0. The Morgan fingerprint density at radius 1 is 1.33 bits per heavy atom. The van der Waals surface area contributed by atoms with Crippen LogP contribution in [0.5, 0.6) is 0 Å². The molecule has 0 saturated heterocycles. The number of nitro benzene ring substituents is 1. The fraction of sp³-hybridized carbons (Fsp3) is 0.308. The molecule has 0 unspecified atom stereocenters. The third-order valence-electron chi connectivity index (χ3n) is 2.79. The fourth-order valence-corrected chi connectivity index (χ4v) is 1.68. The molecule has 0 bridgehead atoms. The second kappa shape index (κ2) is 6.60. The Balaban J connectivity index is 1.99. The maximum Gasteiger partial charge on any atom is 0.305 e. The number of carbonyl (C=O) groups excluding carboxylic acids is 1. The van der Waals surface area contributed by atoms with Crippen LogP contribution in [0.1, 0.15) is 18.7 Å². The van der Waals surface area contributed by atoms with E-state index in [1.165, 1.54) is 19.2 Å². The van der Waals surface area contributed by atoms with Crippen molar-refractivity contribution in [3.8, 4) is 11.5 Å². The summed E-state index contributed by atoms with van der Waals surface area (Å²) < 4.78 is 9.97. The number of benzene rings is 1. The van der Waals surface area contributed by atoms with Crippen molar-refractivity contribution in [3.63, 3.8) is 0 Å². The number of methoxy groups -OCH3 is 1. The number of hydrogen-bond acceptors (Lipinski definition) is 7. The summed E-state index contributed by atoms with van der Waals surface area (Å²) in [6.07, 6.45) is 1.30. The molecule has 0 spiro atoms. The van der Waals surface area contributed by atoms with E-state index < -0.39 is 4.92 Å². The largest absolute Gasteiger partial charge is 0.469 e. The van der Waals surface area contributed by atoms with E-state index in [4.69, 9.17) is 4.42 Å². The van der Waals surface area contributed by atoms with Crippen molar-refractivity contribution >= 4 is 11.7 Å². The summed E-state index contributed by atoms with van der Waals surface area (Å²) in [7, 11) is 1.34. The van der Waals surface area contributed by atoms with Crippen molar-refractivity contribution < 1.29 is 18.9 Å². The molecule has 0 aliphatic rings. The number of non-ortho nitro benzene ring substituents is 1. The van der Waals surface area contributed by atoms with Crippen LogP contribution in [0.15, 0.2) is 28.7 Å². The number of aryl methyl sites for hydroxylation is 1. The van der Waals surface area contributed by atoms with Crippen LogP contribution in [0.25, 0.3) is 11.5 Å². The average Bonchev–Trinajstić information content (AvgIpc) is 2.96.